The molecule has 41 heavy (non-hydrogen) atoms. The SMILES string of the molecule is C=C.C=CC.C=CCn1nc(C)c2cc(-c3cnc(C)nc3)ccc21.CN.CNCCCCc1cccc(SF)n1. The molecule has 9 heteroatoms. The minimum absolute atomic E-state index is 0.203. The third-order valence-corrected chi connectivity index (χ3v) is 5.71. The molecule has 0 radical (unpaired) electrons. The molecule has 0 saturated carbocycles. The van der Waals surface area contributed by atoms with E-state index in [0.717, 1.165) is 71.6 Å². The second-order valence-corrected chi connectivity index (χ2v) is 8.89. The molecule has 0 fully saturated rings. The van der Waals surface area contributed by atoms with Crippen LogP contribution in [-0.4, -0.2) is 45.4 Å². The molecule has 0 aliphatic heterocycles. The Balaban J connectivity index is 0.000000668. The molecule has 0 unspecified atom stereocenters. The van der Waals surface area contributed by atoms with Gasteiger partial charge in [-0.3, -0.25) is 4.68 Å². The number of halogens is 1. The average molecular weight is 580 g/mol. The molecule has 7 nitrogen and oxygen atoms in total. The zero-order valence-electron chi connectivity index (χ0n) is 25.2. The largest absolute Gasteiger partial charge is 0.333 e. The molecule has 0 atom stereocenters. The first-order chi connectivity index (χ1) is 20.0. The van der Waals surface area contributed by atoms with Crippen molar-refractivity contribution in [2.45, 2.75) is 51.6 Å². The van der Waals surface area contributed by atoms with E-state index in [2.05, 4.69) is 75.6 Å². The Morgan fingerprint density at radius 2 is 1.68 bits per heavy atom. The van der Waals surface area contributed by atoms with E-state index in [4.69, 9.17) is 0 Å². The summed E-state index contributed by atoms with van der Waals surface area (Å²) in [5.41, 5.74) is 9.76. The Hall–Kier alpha value is -3.66. The lowest BCUT2D eigenvalue weighted by atomic mass is 10.1. The van der Waals surface area contributed by atoms with Crippen molar-refractivity contribution < 1.29 is 3.89 Å². The topological polar surface area (TPSA) is 94.5 Å². The van der Waals surface area contributed by atoms with Crippen LogP contribution in [0.25, 0.3) is 22.0 Å². The first-order valence-electron chi connectivity index (χ1n) is 13.4. The number of hydrogen-bond acceptors (Lipinski definition) is 7. The van der Waals surface area contributed by atoms with Gasteiger partial charge in [0.25, 0.3) is 0 Å². The highest BCUT2D eigenvalue weighted by atomic mass is 32.2. The lowest BCUT2D eigenvalue weighted by molar-refractivity contribution is 0.668. The van der Waals surface area contributed by atoms with Crippen LogP contribution in [0.2, 0.25) is 0 Å². The molecule has 4 rings (SSSR count). The van der Waals surface area contributed by atoms with E-state index in [1.807, 2.05) is 63.1 Å². The molecule has 3 heterocycles. The molecule has 0 amide bonds. The highest BCUT2D eigenvalue weighted by Gasteiger charge is 2.08. The summed E-state index contributed by atoms with van der Waals surface area (Å²) in [6.45, 7) is 20.7. The Morgan fingerprint density at radius 3 is 2.27 bits per heavy atom. The van der Waals surface area contributed by atoms with E-state index < -0.39 is 0 Å². The van der Waals surface area contributed by atoms with Crippen LogP contribution >= 0.6 is 12.1 Å². The van der Waals surface area contributed by atoms with Gasteiger partial charge in [-0.25, -0.2) is 15.0 Å². The van der Waals surface area contributed by atoms with Gasteiger partial charge in [-0.1, -0.05) is 24.3 Å². The van der Waals surface area contributed by atoms with Gasteiger partial charge in [0.15, 0.2) is 0 Å². The summed E-state index contributed by atoms with van der Waals surface area (Å²) in [6, 6.07) is 11.8. The number of nitrogens with zero attached hydrogens (tertiary/aromatic N) is 5. The van der Waals surface area contributed by atoms with E-state index in [9.17, 15) is 3.89 Å². The van der Waals surface area contributed by atoms with E-state index >= 15 is 0 Å². The van der Waals surface area contributed by atoms with Crippen molar-refractivity contribution in [3.63, 3.8) is 0 Å². The lowest BCUT2D eigenvalue weighted by Crippen LogP contribution is -2.07. The number of aromatic nitrogens is 5. The second kappa shape index (κ2) is 23.1. The quantitative estimate of drug-likeness (QED) is 0.157. The van der Waals surface area contributed by atoms with Crippen LogP contribution in [0.5, 0.6) is 0 Å². The lowest BCUT2D eigenvalue weighted by Gasteiger charge is -2.03. The van der Waals surface area contributed by atoms with Gasteiger partial charge in [0.2, 0.25) is 0 Å². The summed E-state index contributed by atoms with van der Waals surface area (Å²) in [7, 11) is 3.44. The van der Waals surface area contributed by atoms with Crippen molar-refractivity contribution in [2.24, 2.45) is 5.73 Å². The number of nitrogens with one attached hydrogen (secondary N) is 1. The van der Waals surface area contributed by atoms with E-state index in [1.54, 1.807) is 12.1 Å². The van der Waals surface area contributed by atoms with Gasteiger partial charge >= 0.3 is 0 Å². The normalized spacial score (nSPS) is 9.44. The minimum atomic E-state index is 0.203. The van der Waals surface area contributed by atoms with Crippen molar-refractivity contribution >= 4 is 23.1 Å². The number of hydrogen-bond donors (Lipinski definition) is 2. The fourth-order valence-electron chi connectivity index (χ4n) is 3.57. The van der Waals surface area contributed by atoms with Crippen LogP contribution in [0.3, 0.4) is 0 Å². The molecule has 3 N–H and O–H groups in total. The van der Waals surface area contributed by atoms with Gasteiger partial charge in [-0.05, 0) is 90.5 Å². The van der Waals surface area contributed by atoms with Gasteiger partial charge < -0.3 is 11.1 Å². The average Bonchev–Trinajstić information content (AvgIpc) is 3.33. The molecule has 0 aliphatic rings. The maximum absolute atomic E-state index is 12.2. The molecule has 0 saturated heterocycles. The van der Waals surface area contributed by atoms with E-state index in [1.165, 1.54) is 7.05 Å². The first-order valence-corrected chi connectivity index (χ1v) is 14.1. The monoisotopic (exact) mass is 579 g/mol. The number of rotatable bonds is 9. The Morgan fingerprint density at radius 1 is 1.02 bits per heavy atom. The van der Waals surface area contributed by atoms with Crippen molar-refractivity contribution in [1.29, 1.82) is 0 Å². The molecule has 1 aromatic carbocycles. The smallest absolute Gasteiger partial charge is 0.129 e. The maximum Gasteiger partial charge on any atom is 0.129 e. The number of fused-ring (bicyclic) bond motifs is 1. The Bertz CT molecular complexity index is 1270. The van der Waals surface area contributed by atoms with Crippen LogP contribution in [0.4, 0.5) is 3.89 Å². The Labute approximate surface area is 250 Å². The highest BCUT2D eigenvalue weighted by Crippen LogP contribution is 2.25. The Kier molecular flexibility index (Phi) is 21.0. The number of unbranched alkanes of at least 4 members (excludes halogenated alkanes) is 1. The van der Waals surface area contributed by atoms with Gasteiger partial charge in [0.1, 0.15) is 23.0 Å². The van der Waals surface area contributed by atoms with Gasteiger partial charge in [0, 0.05) is 29.0 Å². The van der Waals surface area contributed by atoms with Crippen LogP contribution in [0.15, 0.2) is 92.3 Å². The van der Waals surface area contributed by atoms with Gasteiger partial charge in [-0.15, -0.1) is 26.3 Å². The zero-order valence-corrected chi connectivity index (χ0v) is 26.1. The summed E-state index contributed by atoms with van der Waals surface area (Å²) in [4.78, 5) is 12.7. The van der Waals surface area contributed by atoms with E-state index in [-0.39, 0.29) is 12.1 Å². The standard InChI is InChI=1S/C16H16N4.C10H15FN2S.C3H6.C2H4.CH5N/c1-4-7-20-16-6-5-13(8-15(16)11(2)19-20)14-9-17-12(3)18-10-14;1-12-8-3-2-5-9-6-4-7-10(13-9)14-11;1-3-2;2*1-2/h4-6,8-10H,1,7H2,2-3H3;4,6-7,12H,2-3,5,8H2,1H3;3H,1H2,2H3;1-2H2;2H2,1H3. The molecular formula is C32H46FN7S. The predicted octanol–water partition coefficient (Wildman–Crippen LogP) is 7.47. The van der Waals surface area contributed by atoms with E-state index in [0.29, 0.717) is 5.03 Å². The van der Waals surface area contributed by atoms with Crippen LogP contribution in [0, 0.1) is 13.8 Å². The summed E-state index contributed by atoms with van der Waals surface area (Å²) < 4.78 is 14.2. The summed E-state index contributed by atoms with van der Waals surface area (Å²) in [6.07, 6.45) is 10.5. The number of benzene rings is 1. The number of aryl methyl sites for hydroxylation is 3. The molecule has 222 valence electrons. The third kappa shape index (κ3) is 13.5. The van der Waals surface area contributed by atoms with Crippen molar-refractivity contribution in [1.82, 2.24) is 30.0 Å². The van der Waals surface area contributed by atoms with Gasteiger partial charge in [0.05, 0.1) is 17.8 Å². The number of pyridine rings is 1. The molecule has 4 aromatic rings. The zero-order chi connectivity index (χ0) is 31.0. The fraction of sp³-hybridized carbons (Fsp3) is 0.312. The molecule has 0 aliphatic carbocycles. The number of allylic oxidation sites excluding steroid dienone is 2. The molecule has 0 bridgehead atoms. The van der Waals surface area contributed by atoms with Crippen LogP contribution < -0.4 is 11.1 Å². The van der Waals surface area contributed by atoms with Crippen molar-refractivity contribution in [3.8, 4) is 11.1 Å². The molecule has 0 spiro atoms. The maximum atomic E-state index is 12.2. The first kappa shape index (κ1) is 37.3. The second-order valence-electron chi connectivity index (χ2n) is 8.32. The minimum Gasteiger partial charge on any atom is -0.333 e. The summed E-state index contributed by atoms with van der Waals surface area (Å²) in [5.74, 6) is 0.782. The summed E-state index contributed by atoms with van der Waals surface area (Å²) >= 11 is 0.203. The van der Waals surface area contributed by atoms with Crippen molar-refractivity contribution in [2.75, 3.05) is 20.6 Å². The fourth-order valence-corrected chi connectivity index (χ4v) is 3.85. The van der Waals surface area contributed by atoms with Crippen molar-refractivity contribution in [3.05, 3.63) is 104 Å². The van der Waals surface area contributed by atoms with Gasteiger partial charge in [-0.2, -0.15) is 8.98 Å². The van der Waals surface area contributed by atoms with Crippen LogP contribution in [0.1, 0.15) is 37.0 Å². The predicted molar refractivity (Wildman–Crippen MR) is 176 cm³/mol. The van der Waals surface area contributed by atoms with Crippen LogP contribution in [-0.2, 0) is 13.0 Å². The third-order valence-electron chi connectivity index (χ3n) is 5.32. The highest BCUT2D eigenvalue weighted by molar-refractivity contribution is 7.94. The number of nitrogens with two attached hydrogens (primary N) is 1. The molecular weight excluding hydrogens is 533 g/mol. The summed E-state index contributed by atoms with van der Waals surface area (Å²) in [5, 5.41) is 9.25. The molecule has 3 aromatic heterocycles.